The first kappa shape index (κ1) is 33.1. The van der Waals surface area contributed by atoms with Crippen molar-refractivity contribution < 1.29 is 27.5 Å². The van der Waals surface area contributed by atoms with E-state index in [-0.39, 0.29) is 34.8 Å². The van der Waals surface area contributed by atoms with Gasteiger partial charge >= 0.3 is 0 Å². The molecular formula is C33H40ClN3O6S. The molecule has 44 heavy (non-hydrogen) atoms. The van der Waals surface area contributed by atoms with E-state index in [9.17, 15) is 18.0 Å². The fraction of sp³-hybridized carbons (Fsp3) is 0.394. The Balaban J connectivity index is 1.79. The SMILES string of the molecule is CC[C@@H](C(=O)NC1CCCC1)N(Cc1ccccc1Cl)C(=O)CN(c1cc(OC)ccc1OC)S(=O)(=O)c1ccc(C)cc1. The van der Waals surface area contributed by atoms with Crippen molar-refractivity contribution in [3.8, 4) is 11.5 Å². The number of hydrogen-bond acceptors (Lipinski definition) is 6. The fourth-order valence-electron chi connectivity index (χ4n) is 5.44. The van der Waals surface area contributed by atoms with Crippen LogP contribution in [0.3, 0.4) is 0 Å². The van der Waals surface area contributed by atoms with Crippen LogP contribution in [0.1, 0.15) is 50.2 Å². The number of methoxy groups -OCH3 is 2. The van der Waals surface area contributed by atoms with E-state index in [1.165, 1.54) is 37.3 Å². The third kappa shape index (κ3) is 7.65. The molecule has 0 aromatic heterocycles. The summed E-state index contributed by atoms with van der Waals surface area (Å²) in [7, 11) is -1.39. The minimum atomic E-state index is -4.29. The number of ether oxygens (including phenoxy) is 2. The quantitative estimate of drug-likeness (QED) is 0.256. The highest BCUT2D eigenvalue weighted by Gasteiger charge is 2.36. The summed E-state index contributed by atoms with van der Waals surface area (Å²) >= 11 is 6.50. The Morgan fingerprint density at radius 2 is 1.68 bits per heavy atom. The van der Waals surface area contributed by atoms with E-state index in [1.54, 1.807) is 48.5 Å². The lowest BCUT2D eigenvalue weighted by Gasteiger charge is -2.34. The minimum absolute atomic E-state index is 0.00412. The van der Waals surface area contributed by atoms with Gasteiger partial charge in [-0.15, -0.1) is 0 Å². The van der Waals surface area contributed by atoms with E-state index in [4.69, 9.17) is 21.1 Å². The van der Waals surface area contributed by atoms with Crippen LogP contribution in [-0.4, -0.2) is 58.0 Å². The number of rotatable bonds is 13. The van der Waals surface area contributed by atoms with Gasteiger partial charge in [-0.1, -0.05) is 67.3 Å². The molecule has 0 spiro atoms. The van der Waals surface area contributed by atoms with Gasteiger partial charge in [-0.3, -0.25) is 13.9 Å². The first-order valence-corrected chi connectivity index (χ1v) is 16.6. The molecule has 1 fully saturated rings. The lowest BCUT2D eigenvalue weighted by Crippen LogP contribution is -2.53. The smallest absolute Gasteiger partial charge is 0.264 e. The largest absolute Gasteiger partial charge is 0.497 e. The molecule has 3 aromatic carbocycles. The van der Waals surface area contributed by atoms with E-state index < -0.39 is 28.5 Å². The molecule has 0 saturated heterocycles. The predicted octanol–water partition coefficient (Wildman–Crippen LogP) is 5.73. The van der Waals surface area contributed by atoms with Crippen molar-refractivity contribution in [2.75, 3.05) is 25.1 Å². The highest BCUT2D eigenvalue weighted by molar-refractivity contribution is 7.92. The van der Waals surface area contributed by atoms with E-state index in [2.05, 4.69) is 5.32 Å². The van der Waals surface area contributed by atoms with Gasteiger partial charge in [-0.2, -0.15) is 0 Å². The zero-order valence-corrected chi connectivity index (χ0v) is 27.2. The highest BCUT2D eigenvalue weighted by atomic mass is 35.5. The average molecular weight is 642 g/mol. The van der Waals surface area contributed by atoms with Crippen LogP contribution in [0.4, 0.5) is 5.69 Å². The summed E-state index contributed by atoms with van der Waals surface area (Å²) < 4.78 is 40.4. The van der Waals surface area contributed by atoms with Crippen LogP contribution in [-0.2, 0) is 26.2 Å². The molecule has 4 rings (SSSR count). The van der Waals surface area contributed by atoms with Gasteiger partial charge in [0, 0.05) is 23.7 Å². The lowest BCUT2D eigenvalue weighted by molar-refractivity contribution is -0.140. The molecule has 0 unspecified atom stereocenters. The number of halogens is 1. The van der Waals surface area contributed by atoms with E-state index in [0.29, 0.717) is 22.8 Å². The number of anilines is 1. The molecule has 236 valence electrons. The molecule has 11 heteroatoms. The second-order valence-corrected chi connectivity index (χ2v) is 13.2. The molecule has 1 atom stereocenters. The van der Waals surface area contributed by atoms with E-state index in [1.807, 2.05) is 13.8 Å². The maximum absolute atomic E-state index is 14.4. The minimum Gasteiger partial charge on any atom is -0.497 e. The third-order valence-corrected chi connectivity index (χ3v) is 10.1. The average Bonchev–Trinajstić information content (AvgIpc) is 3.53. The molecule has 9 nitrogen and oxygen atoms in total. The monoisotopic (exact) mass is 641 g/mol. The number of nitrogens with one attached hydrogen (secondary N) is 1. The second-order valence-electron chi connectivity index (χ2n) is 10.9. The van der Waals surface area contributed by atoms with Crippen LogP contribution in [0.2, 0.25) is 5.02 Å². The Hall–Kier alpha value is -3.76. The maximum Gasteiger partial charge on any atom is 0.264 e. The maximum atomic E-state index is 14.4. The first-order chi connectivity index (χ1) is 21.1. The van der Waals surface area contributed by atoms with Crippen molar-refractivity contribution in [1.82, 2.24) is 10.2 Å². The summed E-state index contributed by atoms with van der Waals surface area (Å²) in [4.78, 5) is 29.5. The molecule has 0 radical (unpaired) electrons. The van der Waals surface area contributed by atoms with Gasteiger partial charge < -0.3 is 19.7 Å². The lowest BCUT2D eigenvalue weighted by atomic mass is 10.1. The van der Waals surface area contributed by atoms with Crippen molar-refractivity contribution in [2.45, 2.75) is 69.5 Å². The summed E-state index contributed by atoms with van der Waals surface area (Å²) in [5, 5.41) is 3.55. The second kappa shape index (κ2) is 14.8. The fourth-order valence-corrected chi connectivity index (χ4v) is 7.05. The molecule has 1 saturated carbocycles. The summed E-state index contributed by atoms with van der Waals surface area (Å²) in [5.41, 5.74) is 1.65. The Morgan fingerprint density at radius 3 is 2.30 bits per heavy atom. The molecule has 1 aliphatic carbocycles. The van der Waals surface area contributed by atoms with Gasteiger partial charge in [-0.05, 0) is 62.1 Å². The van der Waals surface area contributed by atoms with Crippen molar-refractivity contribution in [3.63, 3.8) is 0 Å². The molecule has 2 amide bonds. The molecule has 1 aliphatic rings. The van der Waals surface area contributed by atoms with Gasteiger partial charge in [0.05, 0.1) is 24.8 Å². The number of carbonyl (C=O) groups is 2. The third-order valence-electron chi connectivity index (χ3n) is 7.93. The molecule has 1 N–H and O–H groups in total. The number of hydrogen-bond donors (Lipinski definition) is 1. The molecular weight excluding hydrogens is 602 g/mol. The van der Waals surface area contributed by atoms with Gasteiger partial charge in [-0.25, -0.2) is 8.42 Å². The van der Waals surface area contributed by atoms with Crippen LogP contribution < -0.4 is 19.1 Å². The number of amides is 2. The molecule has 3 aromatic rings. The zero-order chi connectivity index (χ0) is 31.9. The Bertz CT molecular complexity index is 1560. The Labute approximate surface area is 265 Å². The number of benzene rings is 3. The van der Waals surface area contributed by atoms with Crippen molar-refractivity contribution in [3.05, 3.63) is 82.9 Å². The van der Waals surface area contributed by atoms with Crippen LogP contribution in [0.25, 0.3) is 0 Å². The standard InChI is InChI=1S/C33H40ClN3O6S/c1-5-29(33(39)35-25-11-7-8-12-25)36(21-24-10-6-9-13-28(24)34)32(38)22-37(30-20-26(42-3)16-19-31(30)43-4)44(40,41)27-17-14-23(2)15-18-27/h6,9-10,13-20,25,29H,5,7-8,11-12,21-22H2,1-4H3,(H,35,39)/t29-/m0/s1. The predicted molar refractivity (Wildman–Crippen MR) is 172 cm³/mol. The number of nitrogens with zero attached hydrogens (tertiary/aromatic N) is 2. The van der Waals surface area contributed by atoms with Crippen molar-refractivity contribution in [2.24, 2.45) is 0 Å². The summed E-state index contributed by atoms with van der Waals surface area (Å²) in [6.07, 6.45) is 4.18. The first-order valence-electron chi connectivity index (χ1n) is 14.7. The summed E-state index contributed by atoms with van der Waals surface area (Å²) in [6.45, 7) is 3.11. The Morgan fingerprint density at radius 1 is 1.00 bits per heavy atom. The number of aryl methyl sites for hydroxylation is 1. The normalized spacial score (nSPS) is 14.1. The summed E-state index contributed by atoms with van der Waals surface area (Å²) in [6, 6.07) is 17.4. The van der Waals surface area contributed by atoms with Crippen LogP contribution in [0, 0.1) is 6.92 Å². The summed E-state index contributed by atoms with van der Waals surface area (Å²) in [5.74, 6) is -0.226. The topological polar surface area (TPSA) is 105 Å². The van der Waals surface area contributed by atoms with Crippen molar-refractivity contribution >= 4 is 39.1 Å². The molecule has 0 bridgehead atoms. The zero-order valence-electron chi connectivity index (χ0n) is 25.6. The van der Waals surface area contributed by atoms with Gasteiger partial charge in [0.1, 0.15) is 24.1 Å². The number of sulfonamides is 1. The van der Waals surface area contributed by atoms with Crippen molar-refractivity contribution in [1.29, 1.82) is 0 Å². The highest BCUT2D eigenvalue weighted by Crippen LogP contribution is 2.36. The molecule has 0 heterocycles. The van der Waals surface area contributed by atoms with Crippen LogP contribution >= 0.6 is 11.6 Å². The van der Waals surface area contributed by atoms with E-state index in [0.717, 1.165) is 35.6 Å². The van der Waals surface area contributed by atoms with Gasteiger partial charge in [0.15, 0.2) is 0 Å². The number of carbonyl (C=O) groups excluding carboxylic acids is 2. The van der Waals surface area contributed by atoms with E-state index >= 15 is 0 Å². The molecule has 0 aliphatic heterocycles. The van der Waals surface area contributed by atoms with Crippen LogP contribution in [0.5, 0.6) is 11.5 Å². The Kier molecular flexibility index (Phi) is 11.2. The van der Waals surface area contributed by atoms with Crippen LogP contribution in [0.15, 0.2) is 71.6 Å². The van der Waals surface area contributed by atoms with Gasteiger partial charge in [0.2, 0.25) is 11.8 Å². The van der Waals surface area contributed by atoms with Gasteiger partial charge in [0.25, 0.3) is 10.0 Å².